The Morgan fingerprint density at radius 2 is 1.47 bits per heavy atom. The minimum atomic E-state index is -4.54. The van der Waals surface area contributed by atoms with E-state index < -0.39 is 23.1 Å². The average Bonchev–Trinajstić information content (AvgIpc) is 2.81. The van der Waals surface area contributed by atoms with Gasteiger partial charge in [-0.1, -0.05) is 66.2 Å². The van der Waals surface area contributed by atoms with Gasteiger partial charge in [0.2, 0.25) is 5.95 Å². The Morgan fingerprint density at radius 1 is 0.824 bits per heavy atom. The first-order valence-corrected chi connectivity index (χ1v) is 10.5. The first-order valence-electron chi connectivity index (χ1n) is 10.5. The molecular formula is C25H21F3N4O2. The van der Waals surface area contributed by atoms with Crippen molar-refractivity contribution in [3.05, 3.63) is 122 Å². The minimum Gasteiger partial charge on any atom is -0.325 e. The van der Waals surface area contributed by atoms with Gasteiger partial charge in [0, 0.05) is 5.69 Å². The van der Waals surface area contributed by atoms with Crippen molar-refractivity contribution in [1.29, 1.82) is 0 Å². The molecule has 3 aromatic carbocycles. The predicted octanol–water partition coefficient (Wildman–Crippen LogP) is 4.57. The summed E-state index contributed by atoms with van der Waals surface area (Å²) in [4.78, 5) is 30.1. The fraction of sp³-hybridized carbons (Fsp3) is 0.160. The van der Waals surface area contributed by atoms with E-state index in [-0.39, 0.29) is 24.7 Å². The van der Waals surface area contributed by atoms with E-state index in [9.17, 15) is 22.8 Å². The van der Waals surface area contributed by atoms with E-state index in [0.29, 0.717) is 0 Å². The molecule has 1 N–H and O–H groups in total. The number of hydrogen-bond donors (Lipinski definition) is 1. The van der Waals surface area contributed by atoms with Crippen LogP contribution in [-0.4, -0.2) is 14.1 Å². The smallest absolute Gasteiger partial charge is 0.325 e. The number of hydrogen-bond acceptors (Lipinski definition) is 4. The van der Waals surface area contributed by atoms with Crippen LogP contribution in [-0.2, 0) is 19.3 Å². The molecule has 1 heterocycles. The molecule has 1 aromatic heterocycles. The molecule has 4 rings (SSSR count). The third-order valence-electron chi connectivity index (χ3n) is 5.24. The van der Waals surface area contributed by atoms with E-state index in [1.807, 2.05) is 37.3 Å². The largest absolute Gasteiger partial charge is 0.416 e. The molecular weight excluding hydrogens is 445 g/mol. The van der Waals surface area contributed by atoms with Crippen LogP contribution >= 0.6 is 0 Å². The molecule has 9 heteroatoms. The van der Waals surface area contributed by atoms with Gasteiger partial charge in [0.15, 0.2) is 0 Å². The Hall–Kier alpha value is -4.14. The lowest BCUT2D eigenvalue weighted by molar-refractivity contribution is -0.137. The molecule has 6 nitrogen and oxygen atoms in total. The molecule has 0 atom stereocenters. The van der Waals surface area contributed by atoms with Crippen LogP contribution in [0.25, 0.3) is 0 Å². The van der Waals surface area contributed by atoms with Crippen LogP contribution in [0.2, 0.25) is 0 Å². The maximum absolute atomic E-state index is 13.4. The second kappa shape index (κ2) is 9.38. The Labute approximate surface area is 193 Å². The van der Waals surface area contributed by atoms with Crippen molar-refractivity contribution >= 4 is 11.6 Å². The highest BCUT2D eigenvalue weighted by Crippen LogP contribution is 2.31. The number of halogens is 3. The summed E-state index contributed by atoms with van der Waals surface area (Å²) in [5, 5.41) is 2.72. The molecule has 0 spiro atoms. The van der Waals surface area contributed by atoms with Gasteiger partial charge in [0.25, 0.3) is 0 Å². The fourth-order valence-electron chi connectivity index (χ4n) is 3.45. The quantitative estimate of drug-likeness (QED) is 0.452. The zero-order valence-corrected chi connectivity index (χ0v) is 18.2. The zero-order chi connectivity index (χ0) is 24.3. The number of aryl methyl sites for hydroxylation is 1. The van der Waals surface area contributed by atoms with Gasteiger partial charge in [-0.3, -0.25) is 4.57 Å². The van der Waals surface area contributed by atoms with Gasteiger partial charge in [0.1, 0.15) is 0 Å². The third kappa shape index (κ3) is 5.25. The molecule has 0 aliphatic rings. The van der Waals surface area contributed by atoms with E-state index in [0.717, 1.165) is 33.4 Å². The van der Waals surface area contributed by atoms with Gasteiger partial charge in [0.05, 0.1) is 18.7 Å². The molecule has 0 aliphatic heterocycles. The lowest BCUT2D eigenvalue weighted by Gasteiger charge is -2.16. The second-order valence-corrected chi connectivity index (χ2v) is 7.85. The topological polar surface area (TPSA) is 68.9 Å². The third-order valence-corrected chi connectivity index (χ3v) is 5.24. The molecule has 0 aliphatic carbocycles. The highest BCUT2D eigenvalue weighted by atomic mass is 19.4. The van der Waals surface area contributed by atoms with Crippen LogP contribution in [0.15, 0.2) is 88.5 Å². The van der Waals surface area contributed by atoms with Crippen LogP contribution < -0.4 is 16.7 Å². The molecule has 0 fully saturated rings. The molecule has 174 valence electrons. The summed E-state index contributed by atoms with van der Waals surface area (Å²) in [6, 6.07) is 20.9. The monoisotopic (exact) mass is 466 g/mol. The fourth-order valence-corrected chi connectivity index (χ4v) is 3.45. The van der Waals surface area contributed by atoms with Crippen LogP contribution in [0.1, 0.15) is 22.3 Å². The van der Waals surface area contributed by atoms with Crippen LogP contribution in [0.4, 0.5) is 24.8 Å². The predicted molar refractivity (Wildman–Crippen MR) is 123 cm³/mol. The average molecular weight is 466 g/mol. The molecule has 0 unspecified atom stereocenters. The summed E-state index contributed by atoms with van der Waals surface area (Å²) in [5.41, 5.74) is 0.316. The summed E-state index contributed by atoms with van der Waals surface area (Å²) in [5.74, 6) is -0.140. The lowest BCUT2D eigenvalue weighted by atomic mass is 10.1. The van der Waals surface area contributed by atoms with Gasteiger partial charge in [-0.25, -0.2) is 14.2 Å². The van der Waals surface area contributed by atoms with Crippen molar-refractivity contribution in [3.8, 4) is 0 Å². The van der Waals surface area contributed by atoms with Crippen molar-refractivity contribution < 1.29 is 13.2 Å². The Kier molecular flexibility index (Phi) is 6.36. The maximum atomic E-state index is 13.4. The Bertz CT molecular complexity index is 1410. The first kappa shape index (κ1) is 23.0. The van der Waals surface area contributed by atoms with Crippen LogP contribution in [0, 0.1) is 6.92 Å². The van der Waals surface area contributed by atoms with E-state index in [1.165, 1.54) is 16.7 Å². The summed E-state index contributed by atoms with van der Waals surface area (Å²) >= 11 is 0. The normalized spacial score (nSPS) is 11.4. The van der Waals surface area contributed by atoms with Crippen molar-refractivity contribution in [1.82, 2.24) is 14.1 Å². The summed E-state index contributed by atoms with van der Waals surface area (Å²) in [7, 11) is 0. The molecule has 0 saturated heterocycles. The first-order chi connectivity index (χ1) is 16.2. The van der Waals surface area contributed by atoms with E-state index >= 15 is 0 Å². The van der Waals surface area contributed by atoms with Crippen LogP contribution in [0.5, 0.6) is 0 Å². The molecule has 0 radical (unpaired) electrons. The Balaban J connectivity index is 1.78. The molecule has 0 bridgehead atoms. The van der Waals surface area contributed by atoms with E-state index in [2.05, 4.69) is 10.3 Å². The van der Waals surface area contributed by atoms with Gasteiger partial charge in [-0.05, 0) is 36.2 Å². The lowest BCUT2D eigenvalue weighted by Crippen LogP contribution is -2.43. The minimum absolute atomic E-state index is 0.0174. The molecule has 0 saturated carbocycles. The van der Waals surface area contributed by atoms with Gasteiger partial charge in [-0.15, -0.1) is 0 Å². The number of alkyl halides is 3. The van der Waals surface area contributed by atoms with Crippen molar-refractivity contribution in [2.45, 2.75) is 26.2 Å². The number of aromatic nitrogens is 3. The maximum Gasteiger partial charge on any atom is 0.416 e. The highest BCUT2D eigenvalue weighted by molar-refractivity contribution is 5.55. The van der Waals surface area contributed by atoms with Gasteiger partial charge < -0.3 is 5.32 Å². The molecule has 0 amide bonds. The number of anilines is 2. The van der Waals surface area contributed by atoms with Crippen molar-refractivity contribution in [3.63, 3.8) is 0 Å². The van der Waals surface area contributed by atoms with E-state index in [1.54, 1.807) is 24.3 Å². The standard InChI is InChI=1S/C25H21F3N4O2/c1-17-10-12-19(13-11-17)16-32-23(33)30-22(29-21-9-5-8-20(14-21)25(26,27)28)31(24(32)34)15-18-6-3-2-4-7-18/h2-14H,15-16H2,1H3,(H,29,30,33). The number of benzene rings is 3. The SMILES string of the molecule is Cc1ccc(Cn2c(=O)nc(Nc3cccc(C(F)(F)F)c3)n(Cc3ccccc3)c2=O)cc1. The van der Waals surface area contributed by atoms with Crippen molar-refractivity contribution in [2.24, 2.45) is 0 Å². The van der Waals surface area contributed by atoms with E-state index in [4.69, 9.17) is 0 Å². The summed E-state index contributed by atoms with van der Waals surface area (Å²) in [6.07, 6.45) is -4.54. The number of rotatable bonds is 6. The van der Waals surface area contributed by atoms with Crippen LogP contribution in [0.3, 0.4) is 0 Å². The molecule has 4 aromatic rings. The van der Waals surface area contributed by atoms with Gasteiger partial charge in [-0.2, -0.15) is 18.2 Å². The van der Waals surface area contributed by atoms with Crippen molar-refractivity contribution in [2.75, 3.05) is 5.32 Å². The summed E-state index contributed by atoms with van der Waals surface area (Å²) < 4.78 is 41.6. The molecule has 34 heavy (non-hydrogen) atoms. The highest BCUT2D eigenvalue weighted by Gasteiger charge is 2.30. The number of nitrogens with one attached hydrogen (secondary N) is 1. The second-order valence-electron chi connectivity index (χ2n) is 7.85. The Morgan fingerprint density at radius 3 is 2.15 bits per heavy atom. The summed E-state index contributed by atoms with van der Waals surface area (Å²) in [6.45, 7) is 2.02. The van der Waals surface area contributed by atoms with Gasteiger partial charge >= 0.3 is 17.6 Å². The zero-order valence-electron chi connectivity index (χ0n) is 18.2. The number of nitrogens with zero attached hydrogens (tertiary/aromatic N) is 3.